The fraction of sp³-hybridized carbons (Fsp3) is 0.486. The number of aromatic nitrogens is 2. The molecule has 5 nitrogen and oxygen atoms in total. The second-order valence-electron chi connectivity index (χ2n) is 12.1. The molecule has 2 heterocycles. The number of rotatable bonds is 5. The topological polar surface area (TPSA) is 41.4 Å². The summed E-state index contributed by atoms with van der Waals surface area (Å²) in [5.74, 6) is 1.65. The van der Waals surface area contributed by atoms with E-state index in [9.17, 15) is 4.79 Å². The molecule has 2 aliphatic carbocycles. The van der Waals surface area contributed by atoms with E-state index >= 15 is 0 Å². The largest absolute Gasteiger partial charge is 0.371 e. The SMILES string of the molecule is CC1=CC(C)C(C)C=C(c2cc(-c3ccccc3)nn2CC(=O)N2CCN(C3=CCCC=CCCC3C)CC2)C1. The average Bonchev–Trinajstić information content (AvgIpc) is 3.36. The Bertz CT molecular complexity index is 1290. The van der Waals surface area contributed by atoms with Gasteiger partial charge in [0.2, 0.25) is 5.91 Å². The van der Waals surface area contributed by atoms with E-state index in [0.29, 0.717) is 17.8 Å². The van der Waals surface area contributed by atoms with Gasteiger partial charge in [0.1, 0.15) is 6.54 Å². The molecule has 2 aromatic rings. The predicted molar refractivity (Wildman–Crippen MR) is 165 cm³/mol. The molecule has 0 bridgehead atoms. The van der Waals surface area contributed by atoms with Crippen molar-refractivity contribution in [2.24, 2.45) is 17.8 Å². The molecule has 212 valence electrons. The second-order valence-corrected chi connectivity index (χ2v) is 12.1. The Hall–Kier alpha value is -3.34. The minimum Gasteiger partial charge on any atom is -0.371 e. The van der Waals surface area contributed by atoms with Crippen molar-refractivity contribution >= 4 is 11.5 Å². The van der Waals surface area contributed by atoms with Gasteiger partial charge < -0.3 is 9.80 Å². The minimum absolute atomic E-state index is 0.159. The first-order valence-corrected chi connectivity index (χ1v) is 15.3. The molecule has 1 aromatic heterocycles. The Morgan fingerprint density at radius 3 is 2.42 bits per heavy atom. The van der Waals surface area contributed by atoms with Crippen molar-refractivity contribution in [3.63, 3.8) is 0 Å². The normalized spacial score (nSPS) is 24.3. The molecule has 5 rings (SSSR count). The summed E-state index contributed by atoms with van der Waals surface area (Å²) in [4.78, 5) is 18.3. The van der Waals surface area contributed by atoms with Gasteiger partial charge in [0.25, 0.3) is 0 Å². The van der Waals surface area contributed by atoms with Crippen LogP contribution in [0, 0.1) is 17.8 Å². The van der Waals surface area contributed by atoms with Crippen LogP contribution >= 0.6 is 0 Å². The van der Waals surface area contributed by atoms with Gasteiger partial charge in [0.05, 0.1) is 11.4 Å². The van der Waals surface area contributed by atoms with Crippen molar-refractivity contribution < 1.29 is 4.79 Å². The molecule has 5 heteroatoms. The van der Waals surface area contributed by atoms with E-state index < -0.39 is 0 Å². The van der Waals surface area contributed by atoms with Crippen LogP contribution in [0.5, 0.6) is 0 Å². The summed E-state index contributed by atoms with van der Waals surface area (Å²) in [7, 11) is 0. The van der Waals surface area contributed by atoms with Gasteiger partial charge in [0, 0.05) is 37.4 Å². The number of allylic oxidation sites excluding steroid dienone is 8. The van der Waals surface area contributed by atoms with E-state index in [-0.39, 0.29) is 12.5 Å². The lowest BCUT2D eigenvalue weighted by Crippen LogP contribution is -2.49. The van der Waals surface area contributed by atoms with Gasteiger partial charge in [-0.1, -0.05) is 87.1 Å². The zero-order valence-corrected chi connectivity index (χ0v) is 24.9. The molecule has 3 atom stereocenters. The summed E-state index contributed by atoms with van der Waals surface area (Å²) in [6.07, 6.45) is 17.3. The summed E-state index contributed by atoms with van der Waals surface area (Å²) < 4.78 is 1.97. The lowest BCUT2D eigenvalue weighted by molar-refractivity contribution is -0.133. The van der Waals surface area contributed by atoms with E-state index in [1.165, 1.54) is 23.3 Å². The van der Waals surface area contributed by atoms with Crippen LogP contribution in [-0.2, 0) is 11.3 Å². The van der Waals surface area contributed by atoms with Gasteiger partial charge in [-0.3, -0.25) is 9.48 Å². The highest BCUT2D eigenvalue weighted by Crippen LogP contribution is 2.33. The molecule has 0 saturated carbocycles. The van der Waals surface area contributed by atoms with Gasteiger partial charge in [-0.05, 0) is 68.4 Å². The summed E-state index contributed by atoms with van der Waals surface area (Å²) in [5, 5.41) is 5.00. The molecule has 0 spiro atoms. The number of hydrogen-bond acceptors (Lipinski definition) is 3. The van der Waals surface area contributed by atoms with Crippen molar-refractivity contribution in [2.45, 2.75) is 66.3 Å². The molecule has 1 saturated heterocycles. The van der Waals surface area contributed by atoms with Crippen LogP contribution < -0.4 is 0 Å². The molecular weight excluding hydrogens is 492 g/mol. The summed E-state index contributed by atoms with van der Waals surface area (Å²) in [6, 6.07) is 12.5. The molecular formula is C35H46N4O. The Balaban J connectivity index is 1.33. The Morgan fingerprint density at radius 2 is 1.65 bits per heavy atom. The fourth-order valence-electron chi connectivity index (χ4n) is 6.35. The van der Waals surface area contributed by atoms with Crippen LogP contribution in [0.3, 0.4) is 0 Å². The maximum atomic E-state index is 13.7. The van der Waals surface area contributed by atoms with Crippen LogP contribution in [-0.4, -0.2) is 51.7 Å². The first kappa shape index (κ1) is 28.2. The van der Waals surface area contributed by atoms with E-state index in [0.717, 1.165) is 68.8 Å². The quantitative estimate of drug-likeness (QED) is 0.374. The van der Waals surface area contributed by atoms with Crippen LogP contribution in [0.15, 0.2) is 78.0 Å². The number of carbonyl (C=O) groups is 1. The highest BCUT2D eigenvalue weighted by Gasteiger charge is 2.26. The zero-order valence-electron chi connectivity index (χ0n) is 24.9. The van der Waals surface area contributed by atoms with Crippen molar-refractivity contribution in [1.29, 1.82) is 0 Å². The third-order valence-electron chi connectivity index (χ3n) is 8.90. The molecule has 0 radical (unpaired) electrons. The lowest BCUT2D eigenvalue weighted by Gasteiger charge is -2.39. The highest BCUT2D eigenvalue weighted by atomic mass is 16.2. The van der Waals surface area contributed by atoms with Crippen LogP contribution in [0.1, 0.15) is 65.5 Å². The van der Waals surface area contributed by atoms with Crippen molar-refractivity contribution in [3.05, 3.63) is 83.7 Å². The average molecular weight is 539 g/mol. The molecule has 1 fully saturated rings. The third-order valence-corrected chi connectivity index (χ3v) is 8.90. The van der Waals surface area contributed by atoms with Crippen LogP contribution in [0.2, 0.25) is 0 Å². The smallest absolute Gasteiger partial charge is 0.244 e. The van der Waals surface area contributed by atoms with Crippen molar-refractivity contribution in [3.8, 4) is 11.3 Å². The number of hydrogen-bond donors (Lipinski definition) is 0. The molecule has 3 aliphatic rings. The molecule has 1 aliphatic heterocycles. The molecule has 1 aromatic carbocycles. The fourth-order valence-corrected chi connectivity index (χ4v) is 6.35. The van der Waals surface area contributed by atoms with Gasteiger partial charge in [-0.15, -0.1) is 0 Å². The van der Waals surface area contributed by atoms with E-state index in [2.05, 4.69) is 81.2 Å². The van der Waals surface area contributed by atoms with Crippen LogP contribution in [0.25, 0.3) is 16.8 Å². The minimum atomic E-state index is 0.159. The van der Waals surface area contributed by atoms with E-state index in [4.69, 9.17) is 5.10 Å². The molecule has 1 amide bonds. The highest BCUT2D eigenvalue weighted by molar-refractivity contribution is 5.78. The van der Waals surface area contributed by atoms with E-state index in [1.54, 1.807) is 0 Å². The van der Waals surface area contributed by atoms with Crippen molar-refractivity contribution in [1.82, 2.24) is 19.6 Å². The van der Waals surface area contributed by atoms with Crippen LogP contribution in [0.4, 0.5) is 0 Å². The predicted octanol–water partition coefficient (Wildman–Crippen LogP) is 7.35. The number of nitrogens with zero attached hydrogens (tertiary/aromatic N) is 4. The standard InChI is InChI=1S/C35H46N4O/c1-26-21-28(3)29(4)23-31(22-26)34-24-32(30-14-10-8-11-15-30)36-39(34)25-35(40)38-19-17-37(18-20-38)33-16-12-7-5-6-9-13-27(33)2/h5-6,8,10-11,14-16,21,23-24,27-29H,7,9,12-13,17-20,22,25H2,1-4H3. The number of carbonyl (C=O) groups excluding carboxylic acids is 1. The molecule has 3 unspecified atom stereocenters. The zero-order chi connectivity index (χ0) is 28.1. The monoisotopic (exact) mass is 538 g/mol. The Morgan fingerprint density at radius 1 is 0.925 bits per heavy atom. The van der Waals surface area contributed by atoms with Gasteiger partial charge in [-0.2, -0.15) is 5.10 Å². The van der Waals surface area contributed by atoms with Gasteiger partial charge >= 0.3 is 0 Å². The lowest BCUT2D eigenvalue weighted by atomic mass is 9.95. The van der Waals surface area contributed by atoms with Gasteiger partial charge in [-0.25, -0.2) is 0 Å². The second kappa shape index (κ2) is 12.9. The first-order valence-electron chi connectivity index (χ1n) is 15.3. The number of piperazine rings is 1. The summed E-state index contributed by atoms with van der Waals surface area (Å²) in [6.45, 7) is 12.8. The van der Waals surface area contributed by atoms with Crippen molar-refractivity contribution in [2.75, 3.05) is 26.2 Å². The molecule has 40 heavy (non-hydrogen) atoms. The maximum absolute atomic E-state index is 13.7. The van der Waals surface area contributed by atoms with Gasteiger partial charge in [0.15, 0.2) is 0 Å². The Labute approximate surface area is 240 Å². The first-order chi connectivity index (χ1) is 19.4. The number of benzene rings is 1. The number of amides is 1. The summed E-state index contributed by atoms with van der Waals surface area (Å²) >= 11 is 0. The summed E-state index contributed by atoms with van der Waals surface area (Å²) in [5.41, 5.74) is 7.20. The van der Waals surface area contributed by atoms with E-state index in [1.807, 2.05) is 27.8 Å². The maximum Gasteiger partial charge on any atom is 0.244 e. The third kappa shape index (κ3) is 6.68. The Kier molecular flexibility index (Phi) is 9.08. The molecule has 0 N–H and O–H groups in total.